The molecule has 8 heteroatoms. The maximum atomic E-state index is 11.1. The van der Waals surface area contributed by atoms with E-state index in [1.165, 1.54) is 7.11 Å². The van der Waals surface area contributed by atoms with E-state index >= 15 is 0 Å². The summed E-state index contributed by atoms with van der Waals surface area (Å²) in [7, 11) is 6.62. The molecule has 2 radical (unpaired) electrons. The number of aliphatic hydroxyl groups excluding tert-OH is 1. The molecule has 0 aliphatic carbocycles. The number of ether oxygens (including phenoxy) is 1. The fourth-order valence-corrected chi connectivity index (χ4v) is 1.75. The highest BCUT2D eigenvalue weighted by Crippen LogP contribution is 2.38. The third-order valence-electron chi connectivity index (χ3n) is 1.87. The third-order valence-corrected chi connectivity index (χ3v) is 3.55. The quantitative estimate of drug-likeness (QED) is 0.493. The van der Waals surface area contributed by atoms with Crippen molar-refractivity contribution < 1.29 is 23.8 Å². The molecule has 4 atom stereocenters. The first-order valence-electron chi connectivity index (χ1n) is 4.05. The molecule has 1 rings (SSSR count). The molecule has 1 fully saturated rings. The zero-order valence-corrected chi connectivity index (χ0v) is 9.37. The molecule has 0 aromatic rings. The SMILES string of the molecule is [B][C@H]1C[C@H](O)[C@@H](COP([O-])(=S)OC)O1. The van der Waals surface area contributed by atoms with Crippen LogP contribution in [0.4, 0.5) is 0 Å². The number of hydrogen-bond donors (Lipinski definition) is 1. The van der Waals surface area contributed by atoms with Crippen LogP contribution in [0.3, 0.4) is 0 Å². The minimum atomic E-state index is -3.42. The molecule has 0 aromatic heterocycles. The lowest BCUT2D eigenvalue weighted by molar-refractivity contribution is -0.207. The Kier molecular flexibility index (Phi) is 4.52. The van der Waals surface area contributed by atoms with Gasteiger partial charge in [0, 0.05) is 13.1 Å². The Balaban J connectivity index is 2.35. The van der Waals surface area contributed by atoms with Crippen LogP contribution < -0.4 is 4.89 Å². The molecule has 1 heterocycles. The van der Waals surface area contributed by atoms with Gasteiger partial charge < -0.3 is 23.8 Å². The Morgan fingerprint density at radius 2 is 2.43 bits per heavy atom. The van der Waals surface area contributed by atoms with Crippen LogP contribution >= 0.6 is 6.72 Å². The summed E-state index contributed by atoms with van der Waals surface area (Å²) in [5.41, 5.74) is 0. The molecular weight excluding hydrogens is 226 g/mol. The van der Waals surface area contributed by atoms with Crippen molar-refractivity contribution in [1.29, 1.82) is 0 Å². The van der Waals surface area contributed by atoms with Gasteiger partial charge in [0.25, 0.3) is 0 Å². The van der Waals surface area contributed by atoms with Gasteiger partial charge in [0.15, 0.2) is 0 Å². The predicted octanol–water partition coefficient (Wildman–Crippen LogP) is -1.12. The topological polar surface area (TPSA) is 71.0 Å². The van der Waals surface area contributed by atoms with Crippen molar-refractivity contribution in [2.24, 2.45) is 0 Å². The molecule has 0 spiro atoms. The van der Waals surface area contributed by atoms with Crippen LogP contribution in [0.25, 0.3) is 0 Å². The van der Waals surface area contributed by atoms with E-state index in [9.17, 15) is 10.00 Å². The van der Waals surface area contributed by atoms with Gasteiger partial charge in [0.1, 0.15) is 20.7 Å². The summed E-state index contributed by atoms with van der Waals surface area (Å²) in [5, 5.41) is 9.38. The Labute approximate surface area is 89.0 Å². The first-order valence-corrected chi connectivity index (χ1v) is 6.60. The summed E-state index contributed by atoms with van der Waals surface area (Å²) in [4.78, 5) is 11.1. The summed E-state index contributed by atoms with van der Waals surface area (Å²) in [6, 6.07) is -0.509. The Hall–Kier alpha value is 0.515. The van der Waals surface area contributed by atoms with E-state index in [1.54, 1.807) is 0 Å². The van der Waals surface area contributed by atoms with Crippen LogP contribution in [0.15, 0.2) is 0 Å². The third kappa shape index (κ3) is 3.58. The van der Waals surface area contributed by atoms with Gasteiger partial charge in [-0.15, -0.1) is 0 Å². The predicted molar refractivity (Wildman–Crippen MR) is 52.3 cm³/mol. The lowest BCUT2D eigenvalue weighted by Crippen LogP contribution is -2.27. The van der Waals surface area contributed by atoms with Crippen LogP contribution in [0, 0.1) is 0 Å². The van der Waals surface area contributed by atoms with Crippen LogP contribution in [0.1, 0.15) is 6.42 Å². The van der Waals surface area contributed by atoms with Crippen molar-refractivity contribution in [2.75, 3.05) is 13.7 Å². The highest BCUT2D eigenvalue weighted by atomic mass is 32.5. The molecule has 1 aliphatic heterocycles. The first kappa shape index (κ1) is 12.6. The second-order valence-corrected chi connectivity index (χ2v) is 5.80. The molecule has 1 saturated heterocycles. The molecular formula is C6H11BO5PS-. The van der Waals surface area contributed by atoms with Crippen LogP contribution in [-0.2, 0) is 25.6 Å². The Morgan fingerprint density at radius 1 is 1.79 bits per heavy atom. The number of aliphatic hydroxyl groups is 1. The standard InChI is InChI=1S/C6H12BO5PS/c1-10-13(9,14)11-3-5-4(8)2-6(7)12-5/h4-6,8H,2-3H2,1H3,(H,9,14)/p-1/t4-,5+,6+,13?/m0/s1. The molecule has 0 aromatic carbocycles. The normalized spacial score (nSPS) is 36.9. The maximum absolute atomic E-state index is 11.1. The average molecular weight is 237 g/mol. The fourth-order valence-electron chi connectivity index (χ4n) is 1.13. The second kappa shape index (κ2) is 5.03. The molecule has 5 nitrogen and oxygen atoms in total. The van der Waals surface area contributed by atoms with Gasteiger partial charge in [-0.1, -0.05) is 11.8 Å². The Morgan fingerprint density at radius 3 is 2.86 bits per heavy atom. The highest BCUT2D eigenvalue weighted by molar-refractivity contribution is 8.06. The fraction of sp³-hybridized carbons (Fsp3) is 1.00. The van der Waals surface area contributed by atoms with Gasteiger partial charge >= 0.3 is 0 Å². The largest absolute Gasteiger partial charge is 0.780 e. The van der Waals surface area contributed by atoms with Gasteiger partial charge in [-0.3, -0.25) is 0 Å². The first-order chi connectivity index (χ1) is 6.44. The van der Waals surface area contributed by atoms with Crippen LogP contribution in [0.2, 0.25) is 0 Å². The smallest absolute Gasteiger partial charge is 0.115 e. The van der Waals surface area contributed by atoms with Crippen LogP contribution in [-0.4, -0.2) is 44.9 Å². The van der Waals surface area contributed by atoms with E-state index in [-0.39, 0.29) is 6.61 Å². The molecule has 1 unspecified atom stereocenters. The van der Waals surface area contributed by atoms with E-state index in [2.05, 4.69) is 16.3 Å². The van der Waals surface area contributed by atoms with Crippen molar-refractivity contribution in [2.45, 2.75) is 24.6 Å². The van der Waals surface area contributed by atoms with Crippen molar-refractivity contribution >= 4 is 26.4 Å². The van der Waals surface area contributed by atoms with Crippen molar-refractivity contribution in [3.05, 3.63) is 0 Å². The summed E-state index contributed by atoms with van der Waals surface area (Å²) in [6.45, 7) is -3.50. The van der Waals surface area contributed by atoms with E-state index in [0.29, 0.717) is 6.42 Å². The molecule has 0 bridgehead atoms. The van der Waals surface area contributed by atoms with Crippen molar-refractivity contribution in [1.82, 2.24) is 0 Å². The van der Waals surface area contributed by atoms with E-state index in [1.807, 2.05) is 0 Å². The minimum absolute atomic E-state index is 0.0799. The van der Waals surface area contributed by atoms with Crippen molar-refractivity contribution in [3.63, 3.8) is 0 Å². The molecule has 0 amide bonds. The van der Waals surface area contributed by atoms with Gasteiger partial charge in [-0.05, 0) is 6.42 Å². The lowest BCUT2D eigenvalue weighted by atomic mass is 9.96. The summed E-state index contributed by atoms with van der Waals surface area (Å²) < 4.78 is 14.3. The summed E-state index contributed by atoms with van der Waals surface area (Å²) in [5.74, 6) is 0. The zero-order chi connectivity index (χ0) is 10.8. The molecule has 1 N–H and O–H groups in total. The molecule has 80 valence electrons. The van der Waals surface area contributed by atoms with Gasteiger partial charge in [-0.25, -0.2) is 0 Å². The van der Waals surface area contributed by atoms with Crippen LogP contribution in [0.5, 0.6) is 0 Å². The Bertz CT molecular complexity index is 240. The highest BCUT2D eigenvalue weighted by Gasteiger charge is 2.31. The average Bonchev–Trinajstić information content (AvgIpc) is 2.42. The van der Waals surface area contributed by atoms with Gasteiger partial charge in [-0.2, -0.15) is 0 Å². The van der Waals surface area contributed by atoms with Crippen molar-refractivity contribution in [3.8, 4) is 0 Å². The molecule has 14 heavy (non-hydrogen) atoms. The van der Waals surface area contributed by atoms with E-state index in [0.717, 1.165) is 0 Å². The lowest BCUT2D eigenvalue weighted by Gasteiger charge is -2.27. The maximum Gasteiger partial charge on any atom is 0.115 e. The monoisotopic (exact) mass is 237 g/mol. The summed E-state index contributed by atoms with van der Waals surface area (Å²) >= 11 is 4.49. The number of hydrogen-bond acceptors (Lipinski definition) is 6. The van der Waals surface area contributed by atoms with E-state index < -0.39 is 24.9 Å². The van der Waals surface area contributed by atoms with Gasteiger partial charge in [0.05, 0.1) is 12.7 Å². The second-order valence-electron chi connectivity index (χ2n) is 2.94. The number of rotatable bonds is 4. The summed E-state index contributed by atoms with van der Waals surface area (Å²) in [6.07, 6.45) is -0.962. The molecule has 0 saturated carbocycles. The minimum Gasteiger partial charge on any atom is -0.780 e. The van der Waals surface area contributed by atoms with E-state index in [4.69, 9.17) is 17.1 Å². The zero-order valence-electron chi connectivity index (χ0n) is 7.66. The van der Waals surface area contributed by atoms with Gasteiger partial charge in [0.2, 0.25) is 0 Å². The molecule has 1 aliphatic rings.